The van der Waals surface area contributed by atoms with Gasteiger partial charge in [0.05, 0.1) is 6.61 Å². The monoisotopic (exact) mass is 260 g/mol. The third-order valence-electron chi connectivity index (χ3n) is 3.65. The molecule has 0 aromatic heterocycles. The van der Waals surface area contributed by atoms with Gasteiger partial charge in [0.15, 0.2) is 0 Å². The first-order valence-electron chi connectivity index (χ1n) is 7.72. The Morgan fingerprint density at radius 3 is 1.94 bits per heavy atom. The molecular weight excluding hydrogens is 228 g/mol. The Hall–Kier alpha value is -0.120. The molecule has 110 valence electrons. The van der Waals surface area contributed by atoms with Crippen molar-refractivity contribution in [2.45, 2.75) is 91.1 Å². The van der Waals surface area contributed by atoms with Gasteiger partial charge >= 0.3 is 0 Å². The van der Waals surface area contributed by atoms with Crippen molar-refractivity contribution in [3.8, 4) is 0 Å². The van der Waals surface area contributed by atoms with Crippen LogP contribution in [-0.2, 0) is 14.8 Å². The van der Waals surface area contributed by atoms with Crippen molar-refractivity contribution < 1.29 is 14.8 Å². The van der Waals surface area contributed by atoms with Crippen LogP contribution >= 0.6 is 0 Å². The lowest BCUT2D eigenvalue weighted by Gasteiger charge is -2.29. The van der Waals surface area contributed by atoms with Crippen molar-refractivity contribution in [1.82, 2.24) is 0 Å². The molecule has 0 unspecified atom stereocenters. The van der Waals surface area contributed by atoms with Crippen LogP contribution in [-0.4, -0.2) is 12.2 Å². The average molecular weight is 260 g/mol. The van der Waals surface area contributed by atoms with E-state index in [1.165, 1.54) is 38.5 Å². The SMILES string of the molecule is CCCCCCCCC(CC)(CC)OOOCC. The van der Waals surface area contributed by atoms with Gasteiger partial charge in [-0.1, -0.05) is 64.3 Å². The van der Waals surface area contributed by atoms with E-state index in [1.807, 2.05) is 6.92 Å². The lowest BCUT2D eigenvalue weighted by molar-refractivity contribution is -0.544. The van der Waals surface area contributed by atoms with E-state index in [0.717, 1.165) is 19.3 Å². The van der Waals surface area contributed by atoms with E-state index in [9.17, 15) is 0 Å². The molecule has 0 amide bonds. The van der Waals surface area contributed by atoms with Gasteiger partial charge in [0.25, 0.3) is 0 Å². The fourth-order valence-corrected chi connectivity index (χ4v) is 2.13. The van der Waals surface area contributed by atoms with Crippen LogP contribution in [0.5, 0.6) is 0 Å². The topological polar surface area (TPSA) is 27.7 Å². The van der Waals surface area contributed by atoms with Crippen LogP contribution in [0.2, 0.25) is 0 Å². The average Bonchev–Trinajstić information content (AvgIpc) is 2.41. The molecule has 0 radical (unpaired) electrons. The highest BCUT2D eigenvalue weighted by Crippen LogP contribution is 2.28. The summed E-state index contributed by atoms with van der Waals surface area (Å²) in [5.74, 6) is 0. The normalized spacial score (nSPS) is 12.0. The predicted molar refractivity (Wildman–Crippen MR) is 75.1 cm³/mol. The fraction of sp³-hybridized carbons (Fsp3) is 1.00. The standard InChI is InChI=1S/C15H32O3/c1-5-9-10-11-12-13-14-15(6-2,7-3)17-18-16-8-4/h5-14H2,1-4H3. The van der Waals surface area contributed by atoms with Crippen molar-refractivity contribution in [2.75, 3.05) is 6.61 Å². The molecule has 0 atom stereocenters. The van der Waals surface area contributed by atoms with Gasteiger partial charge in [0.1, 0.15) is 5.60 Å². The van der Waals surface area contributed by atoms with Gasteiger partial charge < -0.3 is 0 Å². The summed E-state index contributed by atoms with van der Waals surface area (Å²) < 4.78 is 0. The maximum atomic E-state index is 5.47. The fourth-order valence-electron chi connectivity index (χ4n) is 2.13. The molecule has 0 fully saturated rings. The van der Waals surface area contributed by atoms with Crippen molar-refractivity contribution in [1.29, 1.82) is 0 Å². The van der Waals surface area contributed by atoms with E-state index in [1.54, 1.807) is 0 Å². The highest BCUT2D eigenvalue weighted by atomic mass is 17.5. The van der Waals surface area contributed by atoms with Gasteiger partial charge in [-0.15, -0.1) is 0 Å². The molecule has 3 nitrogen and oxygen atoms in total. The minimum atomic E-state index is -0.167. The van der Waals surface area contributed by atoms with Crippen molar-refractivity contribution >= 4 is 0 Å². The summed E-state index contributed by atoms with van der Waals surface area (Å²) in [7, 11) is 0. The lowest BCUT2D eigenvalue weighted by atomic mass is 9.90. The molecule has 18 heavy (non-hydrogen) atoms. The Bertz CT molecular complexity index is 167. The molecule has 0 bridgehead atoms. The summed E-state index contributed by atoms with van der Waals surface area (Å²) in [4.78, 5) is 10.3. The third-order valence-corrected chi connectivity index (χ3v) is 3.65. The van der Waals surface area contributed by atoms with Crippen LogP contribution in [0.25, 0.3) is 0 Å². The number of rotatable bonds is 13. The van der Waals surface area contributed by atoms with E-state index in [2.05, 4.69) is 20.8 Å². The summed E-state index contributed by atoms with van der Waals surface area (Å²) >= 11 is 0. The first-order chi connectivity index (χ1) is 8.74. The molecule has 0 heterocycles. The van der Waals surface area contributed by atoms with Gasteiger partial charge in [0.2, 0.25) is 0 Å². The Morgan fingerprint density at radius 2 is 1.39 bits per heavy atom. The van der Waals surface area contributed by atoms with Gasteiger partial charge in [-0.05, 0) is 26.2 Å². The molecule has 0 saturated heterocycles. The number of hydrogen-bond donors (Lipinski definition) is 0. The Balaban J connectivity index is 3.79. The van der Waals surface area contributed by atoms with Crippen LogP contribution in [0.15, 0.2) is 0 Å². The lowest BCUT2D eigenvalue weighted by Crippen LogP contribution is -2.31. The van der Waals surface area contributed by atoms with Crippen molar-refractivity contribution in [3.05, 3.63) is 0 Å². The molecule has 0 aliphatic heterocycles. The van der Waals surface area contributed by atoms with Crippen molar-refractivity contribution in [2.24, 2.45) is 0 Å². The zero-order valence-electron chi connectivity index (χ0n) is 12.8. The van der Waals surface area contributed by atoms with Crippen LogP contribution < -0.4 is 0 Å². The molecule has 0 aromatic rings. The van der Waals surface area contributed by atoms with Crippen LogP contribution in [0, 0.1) is 0 Å². The maximum Gasteiger partial charge on any atom is 0.106 e. The summed E-state index contributed by atoms with van der Waals surface area (Å²) in [5, 5.41) is 4.83. The second-order valence-electron chi connectivity index (χ2n) is 4.97. The smallest absolute Gasteiger partial charge is 0.106 e. The third kappa shape index (κ3) is 8.06. The molecule has 0 aliphatic carbocycles. The highest BCUT2D eigenvalue weighted by Gasteiger charge is 2.28. The Morgan fingerprint density at radius 1 is 0.778 bits per heavy atom. The first-order valence-corrected chi connectivity index (χ1v) is 7.72. The number of hydrogen-bond acceptors (Lipinski definition) is 3. The molecule has 0 aromatic carbocycles. The van der Waals surface area contributed by atoms with Crippen LogP contribution in [0.3, 0.4) is 0 Å². The van der Waals surface area contributed by atoms with Gasteiger partial charge in [-0.2, -0.15) is 4.89 Å². The van der Waals surface area contributed by atoms with Crippen LogP contribution in [0.1, 0.15) is 85.5 Å². The second kappa shape index (κ2) is 11.9. The summed E-state index contributed by atoms with van der Waals surface area (Å²) in [6.07, 6.45) is 10.8. The minimum Gasteiger partial charge on any atom is -0.206 e. The van der Waals surface area contributed by atoms with E-state index in [4.69, 9.17) is 14.8 Å². The molecule has 0 N–H and O–H groups in total. The molecule has 0 aliphatic rings. The quantitative estimate of drug-likeness (QED) is 0.259. The molecule has 0 spiro atoms. The van der Waals surface area contributed by atoms with E-state index >= 15 is 0 Å². The van der Waals surface area contributed by atoms with Crippen LogP contribution in [0.4, 0.5) is 0 Å². The minimum absolute atomic E-state index is 0.167. The van der Waals surface area contributed by atoms with E-state index in [-0.39, 0.29) is 5.60 Å². The maximum absolute atomic E-state index is 5.47. The summed E-state index contributed by atoms with van der Waals surface area (Å²) in [5.41, 5.74) is -0.167. The zero-order chi connectivity index (χ0) is 13.7. The van der Waals surface area contributed by atoms with Gasteiger partial charge in [-0.3, -0.25) is 0 Å². The zero-order valence-corrected chi connectivity index (χ0v) is 12.8. The summed E-state index contributed by atoms with van der Waals surface area (Å²) in [6.45, 7) is 8.95. The molecule has 0 saturated carbocycles. The Kier molecular flexibility index (Phi) is 11.9. The first kappa shape index (κ1) is 17.9. The van der Waals surface area contributed by atoms with Gasteiger partial charge in [0, 0.05) is 0 Å². The van der Waals surface area contributed by atoms with E-state index < -0.39 is 0 Å². The van der Waals surface area contributed by atoms with E-state index in [0.29, 0.717) is 6.61 Å². The molecule has 0 rings (SSSR count). The second-order valence-corrected chi connectivity index (χ2v) is 4.97. The summed E-state index contributed by atoms with van der Waals surface area (Å²) in [6, 6.07) is 0. The van der Waals surface area contributed by atoms with Gasteiger partial charge in [-0.25, -0.2) is 4.89 Å². The highest BCUT2D eigenvalue weighted by molar-refractivity contribution is 4.76. The number of unbranched alkanes of at least 4 members (excludes halogenated alkanes) is 5. The molecule has 3 heteroatoms. The Labute approximate surface area is 113 Å². The largest absolute Gasteiger partial charge is 0.206 e. The predicted octanol–water partition coefficient (Wildman–Crippen LogP) is 5.20. The van der Waals surface area contributed by atoms with Crippen molar-refractivity contribution in [3.63, 3.8) is 0 Å². The molecular formula is C15H32O3.